The number of amides is 3. The number of aromatic nitrogens is 1. The van der Waals surface area contributed by atoms with Gasteiger partial charge in [-0.1, -0.05) is 30.3 Å². The predicted octanol–water partition coefficient (Wildman–Crippen LogP) is 2.16. The zero-order chi connectivity index (χ0) is 24.3. The maximum atomic E-state index is 13.3. The lowest BCUT2D eigenvalue weighted by atomic mass is 9.97. The smallest absolute Gasteiger partial charge is 0.259 e. The van der Waals surface area contributed by atoms with Gasteiger partial charge < -0.3 is 25.0 Å². The molecule has 34 heavy (non-hydrogen) atoms. The van der Waals surface area contributed by atoms with E-state index in [2.05, 4.69) is 15.6 Å². The maximum absolute atomic E-state index is 13.3. The molecule has 0 bridgehead atoms. The fraction of sp³-hybridized carbons (Fsp3) is 0.440. The molecule has 1 fully saturated rings. The molecule has 2 heterocycles. The lowest BCUT2D eigenvalue weighted by Crippen LogP contribution is -2.36. The van der Waals surface area contributed by atoms with Crippen LogP contribution in [0, 0.1) is 5.92 Å². The first-order valence-electron chi connectivity index (χ1n) is 11.5. The van der Waals surface area contributed by atoms with Crippen molar-refractivity contribution in [2.24, 2.45) is 5.92 Å². The highest BCUT2D eigenvalue weighted by Gasteiger charge is 2.24. The van der Waals surface area contributed by atoms with Crippen LogP contribution in [0.2, 0.25) is 0 Å². The molecule has 0 radical (unpaired) electrons. The number of methoxy groups -OCH3 is 2. The zero-order valence-corrected chi connectivity index (χ0v) is 19.7. The van der Waals surface area contributed by atoms with E-state index in [0.29, 0.717) is 50.3 Å². The monoisotopic (exact) mass is 468 g/mol. The van der Waals surface area contributed by atoms with Crippen LogP contribution in [0.1, 0.15) is 41.6 Å². The van der Waals surface area contributed by atoms with E-state index in [9.17, 15) is 14.4 Å². The number of nitrogens with zero attached hydrogens (tertiary/aromatic N) is 2. The number of carbonyl (C=O) groups excluding carboxylic acids is 3. The van der Waals surface area contributed by atoms with Crippen LogP contribution in [0.3, 0.4) is 0 Å². The Morgan fingerprint density at radius 2 is 1.88 bits per heavy atom. The number of nitrogens with one attached hydrogen (secondary N) is 2. The Bertz CT molecular complexity index is 983. The van der Waals surface area contributed by atoms with Gasteiger partial charge in [0.2, 0.25) is 23.6 Å². The highest BCUT2D eigenvalue weighted by atomic mass is 16.5. The van der Waals surface area contributed by atoms with Gasteiger partial charge in [0.25, 0.3) is 5.91 Å². The number of hydrogen-bond donors (Lipinski definition) is 2. The summed E-state index contributed by atoms with van der Waals surface area (Å²) in [6.07, 6.45) is 1.98. The van der Waals surface area contributed by atoms with Crippen molar-refractivity contribution in [2.45, 2.75) is 32.2 Å². The lowest BCUT2D eigenvalue weighted by molar-refractivity contribution is -0.126. The third-order valence-corrected chi connectivity index (χ3v) is 5.84. The van der Waals surface area contributed by atoms with Crippen LogP contribution in [-0.2, 0) is 16.1 Å². The van der Waals surface area contributed by atoms with Gasteiger partial charge in [-0.25, -0.2) is 0 Å². The largest absolute Gasteiger partial charge is 0.481 e. The summed E-state index contributed by atoms with van der Waals surface area (Å²) in [7, 11) is 2.93. The highest BCUT2D eigenvalue weighted by molar-refractivity contribution is 5.96. The minimum Gasteiger partial charge on any atom is -0.481 e. The van der Waals surface area contributed by atoms with Crippen molar-refractivity contribution >= 4 is 17.7 Å². The van der Waals surface area contributed by atoms with E-state index >= 15 is 0 Å². The molecule has 182 valence electrons. The molecule has 1 aromatic heterocycles. The van der Waals surface area contributed by atoms with E-state index in [0.717, 1.165) is 5.56 Å². The fourth-order valence-corrected chi connectivity index (χ4v) is 3.92. The second kappa shape index (κ2) is 12.6. The molecule has 0 saturated carbocycles. The molecular formula is C25H32N4O5. The Kier molecular flexibility index (Phi) is 9.25. The van der Waals surface area contributed by atoms with Crippen LogP contribution in [-0.4, -0.2) is 61.5 Å². The van der Waals surface area contributed by atoms with Gasteiger partial charge in [-0.15, -0.1) is 0 Å². The minimum atomic E-state index is -0.274. The summed E-state index contributed by atoms with van der Waals surface area (Å²) in [5.41, 5.74) is 1.33. The molecule has 3 rings (SSSR count). The average molecular weight is 469 g/mol. The third kappa shape index (κ3) is 6.94. The van der Waals surface area contributed by atoms with Crippen molar-refractivity contribution in [3.8, 4) is 11.8 Å². The van der Waals surface area contributed by atoms with Crippen LogP contribution in [0.4, 0.5) is 0 Å². The van der Waals surface area contributed by atoms with Crippen molar-refractivity contribution in [3.05, 3.63) is 53.6 Å². The zero-order valence-electron chi connectivity index (χ0n) is 19.7. The first kappa shape index (κ1) is 25.0. The molecule has 2 N–H and O–H groups in total. The second-order valence-electron chi connectivity index (χ2n) is 8.13. The third-order valence-electron chi connectivity index (χ3n) is 5.84. The number of carbonyl (C=O) groups is 3. The number of rotatable bonds is 6. The average Bonchev–Trinajstić information content (AvgIpc) is 2.91. The Morgan fingerprint density at radius 3 is 2.62 bits per heavy atom. The minimum absolute atomic E-state index is 0.0451. The van der Waals surface area contributed by atoms with Crippen LogP contribution >= 0.6 is 0 Å². The molecule has 2 aromatic rings. The molecule has 1 aliphatic rings. The standard InChI is InChI=1S/C25H32N4O5/c1-33-22-11-10-20(24(28-22)34-2)25(32)29-15-6-9-19(12-14-26-21(30)13-16-29)23(31)27-17-18-7-4-3-5-8-18/h3-5,7-8,10-11,19H,6,9,12-17H2,1-2H3,(H,26,30)(H,27,31). The van der Waals surface area contributed by atoms with E-state index < -0.39 is 0 Å². The predicted molar refractivity (Wildman–Crippen MR) is 127 cm³/mol. The van der Waals surface area contributed by atoms with Gasteiger partial charge in [0, 0.05) is 44.6 Å². The molecule has 9 heteroatoms. The van der Waals surface area contributed by atoms with Crippen LogP contribution in [0.25, 0.3) is 0 Å². The maximum Gasteiger partial charge on any atom is 0.259 e. The van der Waals surface area contributed by atoms with Crippen molar-refractivity contribution in [1.29, 1.82) is 0 Å². The Hall–Kier alpha value is -3.62. The molecule has 1 unspecified atom stereocenters. The first-order chi connectivity index (χ1) is 16.5. The molecule has 0 spiro atoms. The summed E-state index contributed by atoms with van der Waals surface area (Å²) in [6.45, 7) is 1.57. The van der Waals surface area contributed by atoms with Crippen LogP contribution in [0.15, 0.2) is 42.5 Å². The van der Waals surface area contributed by atoms with Gasteiger partial charge >= 0.3 is 0 Å². The summed E-state index contributed by atoms with van der Waals surface area (Å²) < 4.78 is 10.4. The van der Waals surface area contributed by atoms with E-state index in [4.69, 9.17) is 9.47 Å². The van der Waals surface area contributed by atoms with Crippen LogP contribution < -0.4 is 20.1 Å². The van der Waals surface area contributed by atoms with E-state index in [-0.39, 0.29) is 42.5 Å². The van der Waals surface area contributed by atoms with E-state index in [1.807, 2.05) is 30.3 Å². The molecule has 3 amide bonds. The summed E-state index contributed by atoms with van der Waals surface area (Å²) in [4.78, 5) is 44.2. The Labute approximate surface area is 199 Å². The second-order valence-corrected chi connectivity index (χ2v) is 8.13. The van der Waals surface area contributed by atoms with Crippen molar-refractivity contribution in [3.63, 3.8) is 0 Å². The summed E-state index contributed by atoms with van der Waals surface area (Å²) in [5.74, 6) is -0.213. The summed E-state index contributed by atoms with van der Waals surface area (Å²) >= 11 is 0. The van der Waals surface area contributed by atoms with Gasteiger partial charge in [-0.05, 0) is 30.9 Å². The SMILES string of the molecule is COc1ccc(C(=O)N2CCCC(C(=O)NCc3ccccc3)CCNC(=O)CC2)c(OC)n1. The van der Waals surface area contributed by atoms with Crippen LogP contribution in [0.5, 0.6) is 11.8 Å². The molecule has 1 atom stereocenters. The van der Waals surface area contributed by atoms with E-state index in [1.54, 1.807) is 17.0 Å². The molecule has 1 saturated heterocycles. The number of ether oxygens (including phenoxy) is 2. The lowest BCUT2D eigenvalue weighted by Gasteiger charge is -2.23. The van der Waals surface area contributed by atoms with Crippen molar-refractivity contribution in [1.82, 2.24) is 20.5 Å². The van der Waals surface area contributed by atoms with Crippen molar-refractivity contribution in [2.75, 3.05) is 33.9 Å². The quantitative estimate of drug-likeness (QED) is 0.672. The molecular weight excluding hydrogens is 436 g/mol. The number of hydrogen-bond acceptors (Lipinski definition) is 6. The molecule has 1 aliphatic heterocycles. The molecule has 0 aliphatic carbocycles. The first-order valence-corrected chi connectivity index (χ1v) is 11.5. The topological polar surface area (TPSA) is 110 Å². The Balaban J connectivity index is 1.67. The molecule has 9 nitrogen and oxygen atoms in total. The number of benzene rings is 1. The summed E-state index contributed by atoms with van der Waals surface area (Å²) in [6, 6.07) is 12.9. The highest BCUT2D eigenvalue weighted by Crippen LogP contribution is 2.22. The van der Waals surface area contributed by atoms with Gasteiger partial charge in [0.1, 0.15) is 5.56 Å². The van der Waals surface area contributed by atoms with Gasteiger partial charge in [0.05, 0.1) is 14.2 Å². The fourth-order valence-electron chi connectivity index (χ4n) is 3.92. The molecule has 1 aromatic carbocycles. The van der Waals surface area contributed by atoms with Gasteiger partial charge in [-0.3, -0.25) is 14.4 Å². The summed E-state index contributed by atoms with van der Waals surface area (Å²) in [5, 5.41) is 5.86. The van der Waals surface area contributed by atoms with Crippen molar-refractivity contribution < 1.29 is 23.9 Å². The van der Waals surface area contributed by atoms with E-state index in [1.165, 1.54) is 14.2 Å². The number of pyridine rings is 1. The van der Waals surface area contributed by atoms with Gasteiger partial charge in [-0.2, -0.15) is 4.98 Å². The Morgan fingerprint density at radius 1 is 1.09 bits per heavy atom. The normalized spacial score (nSPS) is 17.2. The van der Waals surface area contributed by atoms with Gasteiger partial charge in [0.15, 0.2) is 0 Å².